The van der Waals surface area contributed by atoms with Crippen molar-refractivity contribution >= 4 is 0 Å². The second kappa shape index (κ2) is 10.5. The molecule has 0 aliphatic heterocycles. The van der Waals surface area contributed by atoms with Crippen LogP contribution in [0.3, 0.4) is 0 Å². The van der Waals surface area contributed by atoms with Gasteiger partial charge >= 0.3 is 0 Å². The third-order valence-corrected chi connectivity index (χ3v) is 1.71. The molecule has 0 radical (unpaired) electrons. The van der Waals surface area contributed by atoms with Crippen molar-refractivity contribution in [1.29, 1.82) is 0 Å². The van der Waals surface area contributed by atoms with E-state index in [1.165, 1.54) is 25.7 Å². The second-order valence-corrected chi connectivity index (χ2v) is 2.98. The summed E-state index contributed by atoms with van der Waals surface area (Å²) in [6.45, 7) is 3.96. The maximum Gasteiger partial charge on any atom is 0.0466 e. The fraction of sp³-hybridized carbons (Fsp3) is 0.818. The first-order valence-electron chi connectivity index (χ1n) is 4.93. The third kappa shape index (κ3) is 9.52. The SMILES string of the molecule is C#CCCCCCCOCCC. The van der Waals surface area contributed by atoms with Gasteiger partial charge in [-0.3, -0.25) is 0 Å². The van der Waals surface area contributed by atoms with E-state index in [4.69, 9.17) is 11.2 Å². The summed E-state index contributed by atoms with van der Waals surface area (Å²) in [4.78, 5) is 0. The number of ether oxygens (including phenoxy) is 1. The first-order chi connectivity index (χ1) is 5.91. The molecule has 0 unspecified atom stereocenters. The average Bonchev–Trinajstić information content (AvgIpc) is 2.10. The van der Waals surface area contributed by atoms with Crippen LogP contribution in [0.1, 0.15) is 45.4 Å². The molecule has 0 aromatic carbocycles. The molecule has 0 bridgehead atoms. The van der Waals surface area contributed by atoms with E-state index in [9.17, 15) is 0 Å². The molecule has 1 heteroatoms. The van der Waals surface area contributed by atoms with Gasteiger partial charge in [-0.1, -0.05) is 19.8 Å². The molecule has 0 aromatic rings. The van der Waals surface area contributed by atoms with Crippen LogP contribution >= 0.6 is 0 Å². The first kappa shape index (κ1) is 11.5. The van der Waals surface area contributed by atoms with Gasteiger partial charge in [0.05, 0.1) is 0 Å². The van der Waals surface area contributed by atoms with Crippen LogP contribution < -0.4 is 0 Å². The van der Waals surface area contributed by atoms with E-state index >= 15 is 0 Å². The Morgan fingerprint density at radius 2 is 1.83 bits per heavy atom. The van der Waals surface area contributed by atoms with Gasteiger partial charge in [-0.15, -0.1) is 12.3 Å². The lowest BCUT2D eigenvalue weighted by molar-refractivity contribution is 0.130. The van der Waals surface area contributed by atoms with E-state index in [1.807, 2.05) is 0 Å². The summed E-state index contributed by atoms with van der Waals surface area (Å²) in [5.74, 6) is 2.65. The summed E-state index contributed by atoms with van der Waals surface area (Å²) in [7, 11) is 0. The Kier molecular flexibility index (Phi) is 10.1. The molecule has 70 valence electrons. The Bertz CT molecular complexity index is 113. The van der Waals surface area contributed by atoms with E-state index < -0.39 is 0 Å². The predicted octanol–water partition coefficient (Wildman–Crippen LogP) is 3.00. The molecule has 0 rings (SSSR count). The van der Waals surface area contributed by atoms with Gasteiger partial charge in [0.1, 0.15) is 0 Å². The fourth-order valence-electron chi connectivity index (χ4n) is 1.03. The lowest BCUT2D eigenvalue weighted by Gasteiger charge is -2.01. The zero-order valence-corrected chi connectivity index (χ0v) is 8.14. The van der Waals surface area contributed by atoms with Crippen LogP contribution in [0.15, 0.2) is 0 Å². The van der Waals surface area contributed by atoms with Gasteiger partial charge in [0.2, 0.25) is 0 Å². The minimum Gasteiger partial charge on any atom is -0.381 e. The van der Waals surface area contributed by atoms with Crippen molar-refractivity contribution in [3.8, 4) is 12.3 Å². The molecule has 0 saturated carbocycles. The van der Waals surface area contributed by atoms with Crippen molar-refractivity contribution in [2.45, 2.75) is 45.4 Å². The molecule has 0 aromatic heterocycles. The predicted molar refractivity (Wildman–Crippen MR) is 53.0 cm³/mol. The van der Waals surface area contributed by atoms with Gasteiger partial charge in [0.15, 0.2) is 0 Å². The standard InChI is InChI=1S/C11H20O/c1-3-5-6-7-8-9-11-12-10-4-2/h1H,4-11H2,2H3. The number of unbranched alkanes of at least 4 members (excludes halogenated alkanes) is 4. The van der Waals surface area contributed by atoms with Gasteiger partial charge < -0.3 is 4.74 Å². The fourth-order valence-corrected chi connectivity index (χ4v) is 1.03. The smallest absolute Gasteiger partial charge is 0.0466 e. The van der Waals surface area contributed by atoms with Crippen molar-refractivity contribution in [2.24, 2.45) is 0 Å². The summed E-state index contributed by atoms with van der Waals surface area (Å²) in [5, 5.41) is 0. The van der Waals surface area contributed by atoms with E-state index in [2.05, 4.69) is 12.8 Å². The van der Waals surface area contributed by atoms with Crippen LogP contribution in [-0.2, 0) is 4.74 Å². The number of terminal acetylenes is 1. The topological polar surface area (TPSA) is 9.23 Å². The molecule has 0 heterocycles. The number of hydrogen-bond acceptors (Lipinski definition) is 1. The van der Waals surface area contributed by atoms with E-state index in [0.717, 1.165) is 26.1 Å². The Morgan fingerprint density at radius 3 is 2.50 bits per heavy atom. The van der Waals surface area contributed by atoms with Crippen molar-refractivity contribution < 1.29 is 4.74 Å². The van der Waals surface area contributed by atoms with Gasteiger partial charge in [-0.05, 0) is 19.3 Å². The zero-order chi connectivity index (χ0) is 9.07. The van der Waals surface area contributed by atoms with Crippen molar-refractivity contribution in [3.05, 3.63) is 0 Å². The van der Waals surface area contributed by atoms with Gasteiger partial charge in [0.25, 0.3) is 0 Å². The minimum absolute atomic E-state index is 0.907. The molecule has 0 fully saturated rings. The Balaban J connectivity index is 2.78. The molecular formula is C11H20O. The zero-order valence-electron chi connectivity index (χ0n) is 8.14. The van der Waals surface area contributed by atoms with Crippen molar-refractivity contribution in [1.82, 2.24) is 0 Å². The lowest BCUT2D eigenvalue weighted by atomic mass is 10.1. The summed E-state index contributed by atoms with van der Waals surface area (Å²) in [6, 6.07) is 0. The normalized spacial score (nSPS) is 9.67. The quantitative estimate of drug-likeness (QED) is 0.400. The van der Waals surface area contributed by atoms with Crippen LogP contribution in [0.4, 0.5) is 0 Å². The van der Waals surface area contributed by atoms with Crippen LogP contribution in [-0.4, -0.2) is 13.2 Å². The highest BCUT2D eigenvalue weighted by atomic mass is 16.5. The largest absolute Gasteiger partial charge is 0.381 e. The second-order valence-electron chi connectivity index (χ2n) is 2.98. The monoisotopic (exact) mass is 168 g/mol. The Morgan fingerprint density at radius 1 is 1.08 bits per heavy atom. The van der Waals surface area contributed by atoms with Crippen LogP contribution in [0, 0.1) is 12.3 Å². The summed E-state index contributed by atoms with van der Waals surface area (Å²) in [6.07, 6.45) is 12.0. The van der Waals surface area contributed by atoms with Gasteiger partial charge in [-0.25, -0.2) is 0 Å². The molecule has 0 aliphatic rings. The molecule has 0 aliphatic carbocycles. The maximum absolute atomic E-state index is 5.35. The maximum atomic E-state index is 5.35. The van der Waals surface area contributed by atoms with E-state index in [0.29, 0.717) is 0 Å². The Labute approximate surface area is 76.5 Å². The van der Waals surface area contributed by atoms with E-state index in [-0.39, 0.29) is 0 Å². The molecule has 12 heavy (non-hydrogen) atoms. The molecule has 0 saturated heterocycles. The molecule has 0 atom stereocenters. The average molecular weight is 168 g/mol. The number of rotatable bonds is 8. The lowest BCUT2D eigenvalue weighted by Crippen LogP contribution is -1.95. The van der Waals surface area contributed by atoms with Crippen LogP contribution in [0.25, 0.3) is 0 Å². The van der Waals surface area contributed by atoms with Crippen LogP contribution in [0.5, 0.6) is 0 Å². The van der Waals surface area contributed by atoms with Crippen molar-refractivity contribution in [2.75, 3.05) is 13.2 Å². The summed E-state index contributed by atoms with van der Waals surface area (Å²) in [5.41, 5.74) is 0. The van der Waals surface area contributed by atoms with Crippen LogP contribution in [0.2, 0.25) is 0 Å². The molecule has 0 spiro atoms. The highest BCUT2D eigenvalue weighted by Gasteiger charge is 1.89. The number of hydrogen-bond donors (Lipinski definition) is 0. The highest BCUT2D eigenvalue weighted by Crippen LogP contribution is 2.02. The van der Waals surface area contributed by atoms with E-state index in [1.54, 1.807) is 0 Å². The van der Waals surface area contributed by atoms with Gasteiger partial charge in [0, 0.05) is 19.6 Å². The molecule has 0 amide bonds. The molecular weight excluding hydrogens is 148 g/mol. The Hall–Kier alpha value is -0.480. The summed E-state index contributed by atoms with van der Waals surface area (Å²) < 4.78 is 5.35. The minimum atomic E-state index is 0.907. The molecule has 1 nitrogen and oxygen atoms in total. The van der Waals surface area contributed by atoms with Gasteiger partial charge in [-0.2, -0.15) is 0 Å². The third-order valence-electron chi connectivity index (χ3n) is 1.71. The summed E-state index contributed by atoms with van der Waals surface area (Å²) >= 11 is 0. The first-order valence-corrected chi connectivity index (χ1v) is 4.93. The highest BCUT2D eigenvalue weighted by molar-refractivity contribution is 4.82. The van der Waals surface area contributed by atoms with Crippen molar-refractivity contribution in [3.63, 3.8) is 0 Å². The molecule has 0 N–H and O–H groups in total.